The molecule has 4 nitrogen and oxygen atoms in total. The molecule has 0 atom stereocenters. The molecule has 9 heteroatoms. The molecule has 2 aromatic rings. The smallest absolute Gasteiger partial charge is 0.263 e. The third-order valence-electron chi connectivity index (χ3n) is 2.97. The summed E-state index contributed by atoms with van der Waals surface area (Å²) in [7, 11) is 0. The van der Waals surface area contributed by atoms with Gasteiger partial charge in [0.15, 0.2) is 5.16 Å². The van der Waals surface area contributed by atoms with Gasteiger partial charge in [-0.3, -0.25) is 9.69 Å². The summed E-state index contributed by atoms with van der Waals surface area (Å²) in [5.74, 6) is 0.144. The van der Waals surface area contributed by atoms with Gasteiger partial charge in [-0.1, -0.05) is 58.3 Å². The Morgan fingerprint density at radius 1 is 1.27 bits per heavy atom. The fraction of sp³-hybridized carbons (Fsp3) is 0.154. The molecule has 0 bridgehead atoms. The van der Waals surface area contributed by atoms with E-state index in [2.05, 4.69) is 9.97 Å². The van der Waals surface area contributed by atoms with Crippen molar-refractivity contribution in [3.8, 4) is 0 Å². The van der Waals surface area contributed by atoms with Gasteiger partial charge in [0, 0.05) is 11.2 Å². The number of thioether (sulfide) groups is 2. The summed E-state index contributed by atoms with van der Waals surface area (Å²) in [6.07, 6.45) is 3.42. The largest absolute Gasteiger partial charge is 0.295 e. The molecule has 0 N–H and O–H groups in total. The number of amides is 1. The lowest BCUT2D eigenvalue weighted by Gasteiger charge is -2.28. The van der Waals surface area contributed by atoms with Gasteiger partial charge >= 0.3 is 0 Å². The molecule has 1 aliphatic rings. The van der Waals surface area contributed by atoms with Crippen molar-refractivity contribution in [2.75, 3.05) is 17.0 Å². The van der Waals surface area contributed by atoms with Crippen LogP contribution in [0, 0.1) is 0 Å². The second-order valence-corrected chi connectivity index (χ2v) is 7.26. The lowest BCUT2D eigenvalue weighted by molar-refractivity contribution is 0.0985. The van der Waals surface area contributed by atoms with Gasteiger partial charge in [0.1, 0.15) is 5.03 Å². The van der Waals surface area contributed by atoms with Crippen LogP contribution >= 0.6 is 58.3 Å². The van der Waals surface area contributed by atoms with Gasteiger partial charge in [-0.05, 0) is 18.4 Å². The van der Waals surface area contributed by atoms with Crippen LogP contribution in [0.25, 0.3) is 0 Å². The van der Waals surface area contributed by atoms with Gasteiger partial charge in [0.2, 0.25) is 0 Å². The van der Waals surface area contributed by atoms with E-state index in [1.54, 1.807) is 12.1 Å². The van der Waals surface area contributed by atoms with Crippen molar-refractivity contribution in [2.45, 2.75) is 10.2 Å². The molecule has 0 saturated heterocycles. The van der Waals surface area contributed by atoms with Gasteiger partial charge in [0.05, 0.1) is 27.2 Å². The van der Waals surface area contributed by atoms with Crippen LogP contribution in [0.5, 0.6) is 0 Å². The van der Waals surface area contributed by atoms with E-state index < -0.39 is 0 Å². The molecule has 1 amide bonds. The summed E-state index contributed by atoms with van der Waals surface area (Å²) >= 11 is 21.2. The molecular weight excluding hydrogens is 385 g/mol. The standard InChI is InChI=1S/C13H8Cl3N3OS2/c1-21-13-17-4-7-11(18-13)22-5-19(12(7)20)10-8(15)2-6(14)3-9(10)16/h2-4H,5H2,1H3. The van der Waals surface area contributed by atoms with Gasteiger partial charge in [0.25, 0.3) is 5.91 Å². The number of benzene rings is 1. The van der Waals surface area contributed by atoms with Gasteiger partial charge in [-0.25, -0.2) is 9.97 Å². The number of rotatable bonds is 2. The molecule has 0 saturated carbocycles. The molecule has 2 heterocycles. The number of halogens is 3. The normalized spacial score (nSPS) is 14.2. The van der Waals surface area contributed by atoms with Crippen molar-refractivity contribution in [2.24, 2.45) is 0 Å². The first-order valence-corrected chi connectivity index (χ1v) is 9.36. The first-order valence-electron chi connectivity index (χ1n) is 6.01. The monoisotopic (exact) mass is 391 g/mol. The minimum absolute atomic E-state index is 0.229. The van der Waals surface area contributed by atoms with Crippen LogP contribution in [-0.4, -0.2) is 28.0 Å². The van der Waals surface area contributed by atoms with Crippen LogP contribution in [0.1, 0.15) is 10.4 Å². The zero-order chi connectivity index (χ0) is 15.9. The Balaban J connectivity index is 2.03. The van der Waals surface area contributed by atoms with Crippen LogP contribution in [0.3, 0.4) is 0 Å². The van der Waals surface area contributed by atoms with Crippen molar-refractivity contribution < 1.29 is 4.79 Å². The second kappa shape index (κ2) is 6.45. The topological polar surface area (TPSA) is 46.1 Å². The van der Waals surface area contributed by atoms with E-state index in [9.17, 15) is 4.79 Å². The van der Waals surface area contributed by atoms with E-state index in [0.29, 0.717) is 42.4 Å². The molecule has 0 aliphatic carbocycles. The number of hydrogen-bond donors (Lipinski definition) is 0. The van der Waals surface area contributed by atoms with E-state index in [4.69, 9.17) is 34.8 Å². The first-order chi connectivity index (χ1) is 10.5. The SMILES string of the molecule is CSc1ncc2c(n1)SCN(c1c(Cl)cc(Cl)cc1Cl)C2=O. The maximum atomic E-state index is 12.7. The number of fused-ring (bicyclic) bond motifs is 1. The number of anilines is 1. The van der Waals surface area contributed by atoms with Crippen molar-refractivity contribution >= 4 is 69.9 Å². The average Bonchev–Trinajstić information content (AvgIpc) is 2.48. The summed E-state index contributed by atoms with van der Waals surface area (Å²) in [4.78, 5) is 22.7. The van der Waals surface area contributed by atoms with Crippen LogP contribution < -0.4 is 4.90 Å². The zero-order valence-corrected chi connectivity index (χ0v) is 15.0. The highest BCUT2D eigenvalue weighted by atomic mass is 35.5. The van der Waals surface area contributed by atoms with Gasteiger partial charge in [-0.2, -0.15) is 0 Å². The fourth-order valence-electron chi connectivity index (χ4n) is 1.99. The van der Waals surface area contributed by atoms with Crippen LogP contribution in [0.15, 0.2) is 28.5 Å². The van der Waals surface area contributed by atoms with Crippen molar-refractivity contribution in [3.05, 3.63) is 39.0 Å². The molecule has 1 aromatic carbocycles. The minimum Gasteiger partial charge on any atom is -0.295 e. The maximum Gasteiger partial charge on any atom is 0.263 e. The fourth-order valence-corrected chi connectivity index (χ4v) is 4.36. The Labute approximate surface area is 150 Å². The van der Waals surface area contributed by atoms with Gasteiger partial charge < -0.3 is 0 Å². The van der Waals surface area contributed by atoms with E-state index in [1.165, 1.54) is 34.6 Å². The van der Waals surface area contributed by atoms with E-state index in [-0.39, 0.29) is 5.91 Å². The Morgan fingerprint density at radius 3 is 2.59 bits per heavy atom. The maximum absolute atomic E-state index is 12.7. The highest BCUT2D eigenvalue weighted by Gasteiger charge is 2.30. The van der Waals surface area contributed by atoms with Crippen LogP contribution in [0.4, 0.5) is 5.69 Å². The molecule has 3 rings (SSSR count). The highest BCUT2D eigenvalue weighted by molar-refractivity contribution is 7.99. The predicted molar refractivity (Wildman–Crippen MR) is 92.8 cm³/mol. The Kier molecular flexibility index (Phi) is 4.75. The van der Waals surface area contributed by atoms with E-state index in [1.807, 2.05) is 6.26 Å². The molecule has 0 unspecified atom stereocenters. The number of nitrogens with zero attached hydrogens (tertiary/aromatic N) is 3. The molecule has 22 heavy (non-hydrogen) atoms. The quantitative estimate of drug-likeness (QED) is 0.414. The third kappa shape index (κ3) is 2.90. The summed E-state index contributed by atoms with van der Waals surface area (Å²) in [6, 6.07) is 3.12. The third-order valence-corrected chi connectivity index (χ3v) is 5.30. The number of carbonyl (C=O) groups is 1. The zero-order valence-electron chi connectivity index (χ0n) is 11.1. The minimum atomic E-state index is -0.229. The number of carbonyl (C=O) groups excluding carboxylic acids is 1. The second-order valence-electron chi connectivity index (χ2n) is 4.30. The highest BCUT2D eigenvalue weighted by Crippen LogP contribution is 2.41. The average molecular weight is 393 g/mol. The van der Waals surface area contributed by atoms with Crippen molar-refractivity contribution in [1.29, 1.82) is 0 Å². The van der Waals surface area contributed by atoms with Crippen molar-refractivity contribution in [3.63, 3.8) is 0 Å². The summed E-state index contributed by atoms with van der Waals surface area (Å²) < 4.78 is 0. The summed E-state index contributed by atoms with van der Waals surface area (Å²) in [5, 5.41) is 2.38. The van der Waals surface area contributed by atoms with Gasteiger partial charge in [-0.15, -0.1) is 0 Å². The molecule has 1 aliphatic heterocycles. The molecule has 0 spiro atoms. The molecular formula is C13H8Cl3N3OS2. The predicted octanol–water partition coefficient (Wildman–Crippen LogP) is 4.87. The molecule has 0 radical (unpaired) electrons. The van der Waals surface area contributed by atoms with E-state index >= 15 is 0 Å². The lowest BCUT2D eigenvalue weighted by Crippen LogP contribution is -2.35. The Hall–Kier alpha value is -0.660. The Bertz CT molecular complexity index is 749. The summed E-state index contributed by atoms with van der Waals surface area (Å²) in [6.45, 7) is 0. The van der Waals surface area contributed by atoms with Crippen LogP contribution in [-0.2, 0) is 0 Å². The first kappa shape index (κ1) is 16.2. The molecule has 114 valence electrons. The molecule has 1 aromatic heterocycles. The Morgan fingerprint density at radius 2 is 1.95 bits per heavy atom. The summed E-state index contributed by atoms with van der Waals surface area (Å²) in [5.41, 5.74) is 0.890. The van der Waals surface area contributed by atoms with Crippen LogP contribution in [0.2, 0.25) is 15.1 Å². The number of hydrogen-bond acceptors (Lipinski definition) is 5. The molecule has 0 fully saturated rings. The van der Waals surface area contributed by atoms with E-state index in [0.717, 1.165) is 0 Å². The van der Waals surface area contributed by atoms with Crippen molar-refractivity contribution in [1.82, 2.24) is 9.97 Å². The number of aromatic nitrogens is 2. The lowest BCUT2D eigenvalue weighted by atomic mass is 10.2.